The van der Waals surface area contributed by atoms with Gasteiger partial charge in [0, 0.05) is 23.7 Å². The highest BCUT2D eigenvalue weighted by Gasteiger charge is 2.19. The van der Waals surface area contributed by atoms with Crippen LogP contribution in [0.3, 0.4) is 0 Å². The molecule has 0 spiro atoms. The van der Waals surface area contributed by atoms with E-state index in [2.05, 4.69) is 16.9 Å². The van der Waals surface area contributed by atoms with Crippen LogP contribution in [0.1, 0.15) is 10.6 Å². The molecule has 1 aromatic rings. The molecule has 19 heavy (non-hydrogen) atoms. The lowest BCUT2D eigenvalue weighted by Gasteiger charge is -2.29. The summed E-state index contributed by atoms with van der Waals surface area (Å²) in [5, 5.41) is 8.81. The number of thiazole rings is 1. The van der Waals surface area contributed by atoms with E-state index in [1.54, 1.807) is 11.8 Å². The van der Waals surface area contributed by atoms with Crippen LogP contribution in [0.25, 0.3) is 0 Å². The van der Waals surface area contributed by atoms with Gasteiger partial charge in [0.2, 0.25) is 0 Å². The van der Waals surface area contributed by atoms with Crippen LogP contribution < -0.4 is 0 Å². The van der Waals surface area contributed by atoms with Crippen molar-refractivity contribution < 1.29 is 14.6 Å². The van der Waals surface area contributed by atoms with Gasteiger partial charge in [-0.25, -0.2) is 4.98 Å². The van der Waals surface area contributed by atoms with E-state index in [1.165, 1.54) is 11.3 Å². The molecule has 0 amide bonds. The third-order valence-electron chi connectivity index (χ3n) is 2.92. The number of thioether (sulfide) groups is 1. The molecule has 1 aromatic heterocycles. The number of aryl methyl sites for hydroxylation is 1. The Balaban J connectivity index is 1.87. The van der Waals surface area contributed by atoms with E-state index in [4.69, 9.17) is 9.84 Å². The lowest BCUT2D eigenvalue weighted by Crippen LogP contribution is -2.41. The lowest BCUT2D eigenvalue weighted by molar-refractivity contribution is -0.136. The van der Waals surface area contributed by atoms with E-state index in [1.807, 2.05) is 6.92 Å². The van der Waals surface area contributed by atoms with Crippen LogP contribution in [0, 0.1) is 6.92 Å². The number of likely N-dealkylation sites (N-methyl/N-ethyl adjacent to an activating group) is 1. The number of hydrogen-bond acceptors (Lipinski definition) is 6. The van der Waals surface area contributed by atoms with Crippen LogP contribution in [0.2, 0.25) is 0 Å². The summed E-state index contributed by atoms with van der Waals surface area (Å²) in [6.07, 6.45) is 0.295. The molecule has 1 saturated heterocycles. The van der Waals surface area contributed by atoms with Crippen LogP contribution in [0.15, 0.2) is 4.34 Å². The second-order valence-corrected chi connectivity index (χ2v) is 6.98. The average Bonchev–Trinajstić information content (AvgIpc) is 2.67. The molecular formula is C12H18N2O3S2. The van der Waals surface area contributed by atoms with Crippen LogP contribution in [-0.2, 0) is 16.0 Å². The number of carbonyl (C=O) groups is 1. The highest BCUT2D eigenvalue weighted by Crippen LogP contribution is 2.28. The largest absolute Gasteiger partial charge is 0.481 e. The van der Waals surface area contributed by atoms with Crippen LogP contribution in [0.5, 0.6) is 0 Å². The van der Waals surface area contributed by atoms with Gasteiger partial charge in [-0.05, 0) is 14.0 Å². The third-order valence-corrected chi connectivity index (χ3v) is 5.35. The van der Waals surface area contributed by atoms with E-state index in [0.717, 1.165) is 40.4 Å². The molecule has 1 N–H and O–H groups in total. The molecule has 5 nitrogen and oxygen atoms in total. The lowest BCUT2D eigenvalue weighted by atomic mass is 10.3. The highest BCUT2D eigenvalue weighted by molar-refractivity contribution is 8.01. The molecule has 0 aromatic carbocycles. The summed E-state index contributed by atoms with van der Waals surface area (Å²) in [6, 6.07) is 0. The molecule has 7 heteroatoms. The van der Waals surface area contributed by atoms with Crippen molar-refractivity contribution in [3.63, 3.8) is 0 Å². The summed E-state index contributed by atoms with van der Waals surface area (Å²) in [5.41, 5.74) is 0.830. The van der Waals surface area contributed by atoms with E-state index in [0.29, 0.717) is 0 Å². The number of carboxylic acid groups (broad SMARTS) is 1. The zero-order valence-corrected chi connectivity index (χ0v) is 12.7. The van der Waals surface area contributed by atoms with Gasteiger partial charge in [0.25, 0.3) is 0 Å². The molecular weight excluding hydrogens is 284 g/mol. The van der Waals surface area contributed by atoms with Crippen molar-refractivity contribution in [1.82, 2.24) is 9.88 Å². The van der Waals surface area contributed by atoms with Crippen molar-refractivity contribution in [1.29, 1.82) is 0 Å². The summed E-state index contributed by atoms with van der Waals surface area (Å²) in [6.45, 7) is 4.58. The number of rotatable bonds is 5. The maximum atomic E-state index is 10.7. The second-order valence-electron chi connectivity index (χ2n) is 4.62. The summed E-state index contributed by atoms with van der Waals surface area (Å²) in [4.78, 5) is 18.2. The number of aliphatic carboxylic acids is 1. The average molecular weight is 302 g/mol. The number of carboxylic acids is 1. The van der Waals surface area contributed by atoms with Crippen LogP contribution in [-0.4, -0.2) is 59.6 Å². The Morgan fingerprint density at radius 3 is 3.16 bits per heavy atom. The predicted molar refractivity (Wildman–Crippen MR) is 76.2 cm³/mol. The first-order valence-electron chi connectivity index (χ1n) is 6.15. The Kier molecular flexibility index (Phi) is 5.20. The molecule has 2 rings (SSSR count). The molecule has 1 aliphatic heterocycles. The van der Waals surface area contributed by atoms with Gasteiger partial charge in [-0.2, -0.15) is 0 Å². The minimum Gasteiger partial charge on any atom is -0.481 e. The normalized spacial score (nSPS) is 20.6. The molecule has 106 valence electrons. The van der Waals surface area contributed by atoms with Crippen molar-refractivity contribution in [2.24, 2.45) is 0 Å². The second kappa shape index (κ2) is 6.69. The van der Waals surface area contributed by atoms with Gasteiger partial charge in [-0.3, -0.25) is 4.79 Å². The highest BCUT2D eigenvalue weighted by atomic mass is 32.2. The topological polar surface area (TPSA) is 62.7 Å². The summed E-state index contributed by atoms with van der Waals surface area (Å²) in [7, 11) is 2.10. The van der Waals surface area contributed by atoms with Crippen molar-refractivity contribution >= 4 is 29.1 Å². The third kappa shape index (κ3) is 4.45. The Bertz CT molecular complexity index is 450. The smallest absolute Gasteiger partial charge is 0.308 e. The summed E-state index contributed by atoms with van der Waals surface area (Å²) < 4.78 is 6.63. The van der Waals surface area contributed by atoms with Gasteiger partial charge in [0.15, 0.2) is 0 Å². The fraction of sp³-hybridized carbons (Fsp3) is 0.667. The fourth-order valence-corrected chi connectivity index (χ4v) is 4.15. The van der Waals surface area contributed by atoms with Crippen molar-refractivity contribution in [3.05, 3.63) is 10.6 Å². The van der Waals surface area contributed by atoms with E-state index >= 15 is 0 Å². The zero-order valence-electron chi connectivity index (χ0n) is 11.1. The van der Waals surface area contributed by atoms with E-state index in [-0.39, 0.29) is 12.5 Å². The molecule has 0 aliphatic carbocycles. The Morgan fingerprint density at radius 2 is 2.47 bits per heavy atom. The zero-order chi connectivity index (χ0) is 13.8. The number of nitrogens with zero attached hydrogens (tertiary/aromatic N) is 2. The first kappa shape index (κ1) is 14.8. The fourth-order valence-electron chi connectivity index (χ4n) is 1.90. The maximum Gasteiger partial charge on any atom is 0.308 e. The first-order valence-corrected chi connectivity index (χ1v) is 7.96. The summed E-state index contributed by atoms with van der Waals surface area (Å²) in [5.74, 6) is 0.0598. The maximum absolute atomic E-state index is 10.7. The van der Waals surface area contributed by atoms with Crippen molar-refractivity contribution in [2.75, 3.05) is 32.5 Å². The van der Waals surface area contributed by atoms with Gasteiger partial charge in [0.1, 0.15) is 4.34 Å². The molecule has 1 atom stereocenters. The first-order chi connectivity index (χ1) is 9.04. The minimum atomic E-state index is -0.805. The molecule has 1 aliphatic rings. The standard InChI is InChI=1S/C12H18N2O3S2/c1-8-10(5-11(15)16)19-12(13-8)18-7-9-6-14(2)3-4-17-9/h9H,3-7H2,1-2H3,(H,15,16). The van der Waals surface area contributed by atoms with Crippen LogP contribution in [0.4, 0.5) is 0 Å². The Hall–Kier alpha value is -0.630. The molecule has 0 bridgehead atoms. The van der Waals surface area contributed by atoms with Gasteiger partial charge < -0.3 is 14.7 Å². The van der Waals surface area contributed by atoms with Crippen molar-refractivity contribution in [3.8, 4) is 0 Å². The molecule has 0 saturated carbocycles. The van der Waals surface area contributed by atoms with E-state index in [9.17, 15) is 4.79 Å². The quantitative estimate of drug-likeness (QED) is 0.832. The molecule has 1 unspecified atom stereocenters. The molecule has 0 radical (unpaired) electrons. The number of morpholine rings is 1. The van der Waals surface area contributed by atoms with Crippen molar-refractivity contribution in [2.45, 2.75) is 23.8 Å². The number of ether oxygens (including phenoxy) is 1. The van der Waals surface area contributed by atoms with Gasteiger partial charge in [-0.1, -0.05) is 11.8 Å². The minimum absolute atomic E-state index is 0.0622. The number of hydrogen-bond donors (Lipinski definition) is 1. The van der Waals surface area contributed by atoms with E-state index < -0.39 is 5.97 Å². The summed E-state index contributed by atoms with van der Waals surface area (Å²) >= 11 is 3.13. The molecule has 1 fully saturated rings. The van der Waals surface area contributed by atoms with Gasteiger partial charge in [0.05, 0.1) is 24.8 Å². The Morgan fingerprint density at radius 1 is 1.68 bits per heavy atom. The predicted octanol–water partition coefficient (Wildman–Crippen LogP) is 1.50. The Labute approximate surface area is 121 Å². The number of aromatic nitrogens is 1. The SMILES string of the molecule is Cc1nc(SCC2CN(C)CCO2)sc1CC(=O)O. The van der Waals surface area contributed by atoms with Gasteiger partial charge >= 0.3 is 5.97 Å². The van der Waals surface area contributed by atoms with Gasteiger partial charge in [-0.15, -0.1) is 11.3 Å². The monoisotopic (exact) mass is 302 g/mol. The molecule has 2 heterocycles. The van der Waals surface area contributed by atoms with Crippen LogP contribution >= 0.6 is 23.1 Å².